The second kappa shape index (κ2) is 4.63. The zero-order valence-corrected chi connectivity index (χ0v) is 10.1. The largest absolute Gasteiger partial charge is 0.480 e. The number of nitrogens with zero attached hydrogens (tertiary/aromatic N) is 2. The molecule has 2 unspecified atom stereocenters. The molecule has 0 aromatic carbocycles. The summed E-state index contributed by atoms with van der Waals surface area (Å²) in [4.78, 5) is 14.6. The second-order valence-electron chi connectivity index (χ2n) is 4.01. The van der Waals surface area contributed by atoms with E-state index in [1.165, 1.54) is 18.3 Å². The smallest absolute Gasteiger partial charge is 0.322 e. The van der Waals surface area contributed by atoms with Crippen LogP contribution >= 0.6 is 0 Å². The van der Waals surface area contributed by atoms with E-state index >= 15 is 0 Å². The first-order valence-electron chi connectivity index (χ1n) is 5.25. The highest BCUT2D eigenvalue weighted by atomic mass is 32.2. The van der Waals surface area contributed by atoms with Gasteiger partial charge in [-0.25, -0.2) is 8.42 Å². The maximum atomic E-state index is 12.2. The van der Waals surface area contributed by atoms with E-state index in [1.807, 2.05) is 0 Å². The Hall–Kier alpha value is -1.51. The molecule has 2 N–H and O–H groups in total. The van der Waals surface area contributed by atoms with Crippen molar-refractivity contribution in [3.63, 3.8) is 0 Å². The van der Waals surface area contributed by atoms with E-state index in [9.17, 15) is 18.3 Å². The molecule has 1 aliphatic heterocycles. The second-order valence-corrected chi connectivity index (χ2v) is 5.90. The number of pyridine rings is 1. The summed E-state index contributed by atoms with van der Waals surface area (Å²) in [6.07, 6.45) is 1.51. The average molecular weight is 272 g/mol. The van der Waals surface area contributed by atoms with E-state index < -0.39 is 28.1 Å². The van der Waals surface area contributed by atoms with Gasteiger partial charge in [-0.1, -0.05) is 0 Å². The van der Waals surface area contributed by atoms with E-state index in [2.05, 4.69) is 4.98 Å². The summed E-state index contributed by atoms with van der Waals surface area (Å²) >= 11 is 0. The van der Waals surface area contributed by atoms with Gasteiger partial charge in [0.2, 0.25) is 10.0 Å². The number of sulfonamides is 1. The van der Waals surface area contributed by atoms with Crippen molar-refractivity contribution in [2.75, 3.05) is 6.54 Å². The molecule has 18 heavy (non-hydrogen) atoms. The lowest BCUT2D eigenvalue weighted by atomic mass is 10.2. The minimum atomic E-state index is -3.94. The van der Waals surface area contributed by atoms with Gasteiger partial charge in [0.1, 0.15) is 10.9 Å². The minimum Gasteiger partial charge on any atom is -0.480 e. The van der Waals surface area contributed by atoms with Crippen LogP contribution in [0, 0.1) is 0 Å². The van der Waals surface area contributed by atoms with Crippen LogP contribution in [-0.2, 0) is 14.8 Å². The summed E-state index contributed by atoms with van der Waals surface area (Å²) < 4.78 is 25.2. The molecule has 1 aromatic rings. The van der Waals surface area contributed by atoms with Gasteiger partial charge in [-0.3, -0.25) is 9.78 Å². The van der Waals surface area contributed by atoms with Gasteiger partial charge in [-0.2, -0.15) is 4.31 Å². The molecular weight excluding hydrogens is 260 g/mol. The Labute approximate surface area is 104 Å². The normalized spacial score (nSPS) is 25.2. The first-order chi connectivity index (χ1) is 8.43. The van der Waals surface area contributed by atoms with Crippen LogP contribution in [0.5, 0.6) is 0 Å². The van der Waals surface area contributed by atoms with Crippen LogP contribution in [-0.4, -0.2) is 52.6 Å². The Balaban J connectivity index is 2.38. The number of aliphatic hydroxyl groups excluding tert-OH is 1. The van der Waals surface area contributed by atoms with Crippen LogP contribution < -0.4 is 0 Å². The summed E-state index contributed by atoms with van der Waals surface area (Å²) in [5.41, 5.74) is 0. The zero-order valence-electron chi connectivity index (χ0n) is 9.30. The molecule has 0 bridgehead atoms. The van der Waals surface area contributed by atoms with E-state index in [0.29, 0.717) is 0 Å². The van der Waals surface area contributed by atoms with Crippen molar-refractivity contribution in [1.82, 2.24) is 9.29 Å². The SMILES string of the molecule is O=C(O)C1CC(O)CN1S(=O)(=O)c1cccnc1. The predicted molar refractivity (Wildman–Crippen MR) is 60.2 cm³/mol. The van der Waals surface area contributed by atoms with Gasteiger partial charge in [0, 0.05) is 25.4 Å². The average Bonchev–Trinajstić information content (AvgIpc) is 2.73. The molecule has 8 heteroatoms. The first-order valence-corrected chi connectivity index (χ1v) is 6.69. The van der Waals surface area contributed by atoms with Crippen LogP contribution in [0.15, 0.2) is 29.4 Å². The summed E-state index contributed by atoms with van der Waals surface area (Å²) in [5, 5.41) is 18.4. The first kappa shape index (κ1) is 12.9. The van der Waals surface area contributed by atoms with Crippen molar-refractivity contribution >= 4 is 16.0 Å². The third-order valence-electron chi connectivity index (χ3n) is 2.76. The maximum Gasteiger partial charge on any atom is 0.322 e. The lowest BCUT2D eigenvalue weighted by molar-refractivity contribution is -0.140. The van der Waals surface area contributed by atoms with Gasteiger partial charge in [0.15, 0.2) is 0 Å². The van der Waals surface area contributed by atoms with Crippen LogP contribution in [0.2, 0.25) is 0 Å². The monoisotopic (exact) mass is 272 g/mol. The number of aliphatic hydroxyl groups is 1. The number of hydrogen-bond donors (Lipinski definition) is 2. The fourth-order valence-corrected chi connectivity index (χ4v) is 3.50. The molecule has 1 fully saturated rings. The Morgan fingerprint density at radius 3 is 2.78 bits per heavy atom. The molecular formula is C10H12N2O5S. The molecule has 0 radical (unpaired) electrons. The molecule has 98 valence electrons. The van der Waals surface area contributed by atoms with Crippen molar-refractivity contribution in [2.24, 2.45) is 0 Å². The topological polar surface area (TPSA) is 108 Å². The number of rotatable bonds is 3. The van der Waals surface area contributed by atoms with Crippen LogP contribution in [0.25, 0.3) is 0 Å². The quantitative estimate of drug-likeness (QED) is 0.752. The number of aromatic nitrogens is 1. The summed E-state index contributed by atoms with van der Waals surface area (Å²) in [6, 6.07) is 1.56. The number of β-amino-alcohol motifs (C(OH)–C–C–N with tert-alkyl or cyclic N) is 1. The molecule has 2 heterocycles. The Kier molecular flexibility index (Phi) is 3.33. The van der Waals surface area contributed by atoms with E-state index in [1.54, 1.807) is 0 Å². The molecule has 0 spiro atoms. The van der Waals surface area contributed by atoms with Gasteiger partial charge in [-0.15, -0.1) is 0 Å². The number of hydrogen-bond acceptors (Lipinski definition) is 5. The van der Waals surface area contributed by atoms with Gasteiger partial charge < -0.3 is 10.2 Å². The van der Waals surface area contributed by atoms with Crippen LogP contribution in [0.1, 0.15) is 6.42 Å². The Morgan fingerprint density at radius 1 is 1.50 bits per heavy atom. The van der Waals surface area contributed by atoms with Crippen LogP contribution in [0.3, 0.4) is 0 Å². The lowest BCUT2D eigenvalue weighted by Gasteiger charge is -2.20. The van der Waals surface area contributed by atoms with Crippen molar-refractivity contribution in [1.29, 1.82) is 0 Å². The summed E-state index contributed by atoms with van der Waals surface area (Å²) in [5.74, 6) is -1.26. The number of aliphatic carboxylic acids is 1. The number of carboxylic acids is 1. The van der Waals surface area contributed by atoms with E-state index in [-0.39, 0.29) is 17.9 Å². The summed E-state index contributed by atoms with van der Waals surface area (Å²) in [6.45, 7) is -0.214. The zero-order chi connectivity index (χ0) is 13.3. The Bertz CT molecular complexity index is 545. The third kappa shape index (κ3) is 2.22. The lowest BCUT2D eigenvalue weighted by Crippen LogP contribution is -2.40. The number of carboxylic acid groups (broad SMARTS) is 1. The molecule has 0 amide bonds. The van der Waals surface area contributed by atoms with Crippen molar-refractivity contribution in [3.8, 4) is 0 Å². The van der Waals surface area contributed by atoms with Crippen LogP contribution in [0.4, 0.5) is 0 Å². The fraction of sp³-hybridized carbons (Fsp3) is 0.400. The highest BCUT2D eigenvalue weighted by molar-refractivity contribution is 7.89. The summed E-state index contributed by atoms with van der Waals surface area (Å²) in [7, 11) is -3.94. The van der Waals surface area contributed by atoms with E-state index in [4.69, 9.17) is 5.11 Å². The van der Waals surface area contributed by atoms with Gasteiger partial charge in [0.25, 0.3) is 0 Å². The predicted octanol–water partition coefficient (Wildman–Crippen LogP) is -0.710. The standard InChI is InChI=1S/C10H12N2O5S/c13-7-4-9(10(14)15)12(6-7)18(16,17)8-2-1-3-11-5-8/h1-3,5,7,9,13H,4,6H2,(H,14,15). The van der Waals surface area contributed by atoms with Crippen molar-refractivity contribution < 1.29 is 23.4 Å². The molecule has 1 aliphatic rings. The maximum absolute atomic E-state index is 12.2. The van der Waals surface area contributed by atoms with Gasteiger partial charge >= 0.3 is 5.97 Å². The highest BCUT2D eigenvalue weighted by Gasteiger charge is 2.43. The molecule has 0 aliphatic carbocycles. The molecule has 7 nitrogen and oxygen atoms in total. The molecule has 2 rings (SSSR count). The third-order valence-corrected chi connectivity index (χ3v) is 4.62. The number of carbonyl (C=O) groups is 1. The molecule has 0 saturated carbocycles. The van der Waals surface area contributed by atoms with Gasteiger partial charge in [-0.05, 0) is 12.1 Å². The fourth-order valence-electron chi connectivity index (χ4n) is 1.91. The molecule has 1 saturated heterocycles. The Morgan fingerprint density at radius 2 is 2.22 bits per heavy atom. The van der Waals surface area contributed by atoms with E-state index in [0.717, 1.165) is 10.5 Å². The van der Waals surface area contributed by atoms with Gasteiger partial charge in [0.05, 0.1) is 6.10 Å². The molecule has 1 aromatic heterocycles. The van der Waals surface area contributed by atoms with Crippen molar-refractivity contribution in [3.05, 3.63) is 24.5 Å². The molecule has 2 atom stereocenters. The van der Waals surface area contributed by atoms with Crippen molar-refractivity contribution in [2.45, 2.75) is 23.5 Å². The highest BCUT2D eigenvalue weighted by Crippen LogP contribution is 2.25. The minimum absolute atomic E-state index is 0.0784.